The normalized spacial score (nSPS) is 14.8. The SMILES string of the molecule is FC1=CC=C(CNc2nc3ccccc3c(Cl)c2F)CC1. The number of nitrogens with one attached hydrogen (secondary N) is 1. The van der Waals surface area contributed by atoms with Crippen molar-refractivity contribution >= 4 is 28.3 Å². The molecule has 1 aromatic carbocycles. The zero-order valence-electron chi connectivity index (χ0n) is 11.2. The van der Waals surface area contributed by atoms with E-state index in [1.807, 2.05) is 6.07 Å². The van der Waals surface area contributed by atoms with Gasteiger partial charge in [-0.15, -0.1) is 0 Å². The minimum Gasteiger partial charge on any atom is -0.364 e. The Morgan fingerprint density at radius 2 is 1.95 bits per heavy atom. The van der Waals surface area contributed by atoms with Gasteiger partial charge in [0.2, 0.25) is 0 Å². The number of anilines is 1. The van der Waals surface area contributed by atoms with Crippen molar-refractivity contribution in [2.45, 2.75) is 12.8 Å². The first-order valence-corrected chi connectivity index (χ1v) is 7.04. The molecule has 2 nitrogen and oxygen atoms in total. The van der Waals surface area contributed by atoms with Crippen molar-refractivity contribution in [1.82, 2.24) is 4.98 Å². The fraction of sp³-hybridized carbons (Fsp3) is 0.188. The number of rotatable bonds is 3. The first-order chi connectivity index (χ1) is 10.1. The van der Waals surface area contributed by atoms with Crippen LogP contribution in [0.3, 0.4) is 0 Å². The summed E-state index contributed by atoms with van der Waals surface area (Å²) in [5, 5.41) is 3.59. The molecule has 1 aliphatic carbocycles. The molecule has 0 aliphatic heterocycles. The van der Waals surface area contributed by atoms with E-state index >= 15 is 0 Å². The third kappa shape index (κ3) is 2.90. The third-order valence-corrected chi connectivity index (χ3v) is 3.81. The first kappa shape index (κ1) is 14.0. The zero-order chi connectivity index (χ0) is 14.8. The fourth-order valence-corrected chi connectivity index (χ4v) is 2.51. The molecule has 1 heterocycles. The second-order valence-electron chi connectivity index (χ2n) is 4.90. The van der Waals surface area contributed by atoms with Crippen LogP contribution in [0.4, 0.5) is 14.6 Å². The number of nitrogens with zero attached hydrogens (tertiary/aromatic N) is 1. The van der Waals surface area contributed by atoms with E-state index < -0.39 is 5.82 Å². The summed E-state index contributed by atoms with van der Waals surface area (Å²) >= 11 is 6.04. The molecule has 108 valence electrons. The lowest BCUT2D eigenvalue weighted by Crippen LogP contribution is -2.09. The van der Waals surface area contributed by atoms with Crippen molar-refractivity contribution in [1.29, 1.82) is 0 Å². The molecule has 1 aromatic heterocycles. The highest BCUT2D eigenvalue weighted by atomic mass is 35.5. The number of fused-ring (bicyclic) bond motifs is 1. The monoisotopic (exact) mass is 306 g/mol. The smallest absolute Gasteiger partial charge is 0.184 e. The minimum atomic E-state index is -0.562. The topological polar surface area (TPSA) is 24.9 Å². The molecule has 0 saturated heterocycles. The van der Waals surface area contributed by atoms with Crippen molar-refractivity contribution in [3.8, 4) is 0 Å². The maximum absolute atomic E-state index is 14.2. The molecule has 1 N–H and O–H groups in total. The summed E-state index contributed by atoms with van der Waals surface area (Å²) in [5.41, 5.74) is 1.64. The summed E-state index contributed by atoms with van der Waals surface area (Å²) in [6.45, 7) is 0.419. The van der Waals surface area contributed by atoms with Crippen LogP contribution in [0.15, 0.2) is 47.8 Å². The Bertz CT molecular complexity index is 753. The molecule has 0 saturated carbocycles. The highest BCUT2D eigenvalue weighted by Crippen LogP contribution is 2.29. The van der Waals surface area contributed by atoms with E-state index in [2.05, 4.69) is 10.3 Å². The number of aromatic nitrogens is 1. The number of hydrogen-bond acceptors (Lipinski definition) is 2. The lowest BCUT2D eigenvalue weighted by Gasteiger charge is -2.13. The lowest BCUT2D eigenvalue weighted by molar-refractivity contribution is 0.580. The van der Waals surface area contributed by atoms with Crippen LogP contribution in [0.25, 0.3) is 10.9 Å². The number of halogens is 3. The van der Waals surface area contributed by atoms with Gasteiger partial charge in [-0.1, -0.05) is 41.4 Å². The van der Waals surface area contributed by atoms with Crippen LogP contribution in [-0.2, 0) is 0 Å². The second kappa shape index (κ2) is 5.82. The molecule has 3 rings (SSSR count). The van der Waals surface area contributed by atoms with Crippen molar-refractivity contribution in [3.05, 3.63) is 58.7 Å². The zero-order valence-corrected chi connectivity index (χ0v) is 11.9. The van der Waals surface area contributed by atoms with E-state index in [1.165, 1.54) is 6.08 Å². The molecule has 0 amide bonds. The van der Waals surface area contributed by atoms with E-state index in [4.69, 9.17) is 11.6 Å². The van der Waals surface area contributed by atoms with Gasteiger partial charge in [0.15, 0.2) is 11.6 Å². The Morgan fingerprint density at radius 3 is 2.71 bits per heavy atom. The molecule has 1 aliphatic rings. The molecule has 0 bridgehead atoms. The number of benzene rings is 1. The van der Waals surface area contributed by atoms with E-state index in [0.717, 1.165) is 5.57 Å². The van der Waals surface area contributed by atoms with Crippen LogP contribution >= 0.6 is 11.6 Å². The molecule has 0 fully saturated rings. The quantitative estimate of drug-likeness (QED) is 0.862. The van der Waals surface area contributed by atoms with E-state index in [0.29, 0.717) is 30.3 Å². The van der Waals surface area contributed by atoms with Gasteiger partial charge in [0.25, 0.3) is 0 Å². The lowest BCUT2D eigenvalue weighted by atomic mass is 10.0. The fourth-order valence-electron chi connectivity index (χ4n) is 2.27. The van der Waals surface area contributed by atoms with Crippen LogP contribution in [0, 0.1) is 5.82 Å². The van der Waals surface area contributed by atoms with Gasteiger partial charge in [-0.3, -0.25) is 0 Å². The number of pyridine rings is 1. The Labute approximate surface area is 126 Å². The maximum atomic E-state index is 14.2. The summed E-state index contributed by atoms with van der Waals surface area (Å²) < 4.78 is 27.1. The molecule has 0 atom stereocenters. The van der Waals surface area contributed by atoms with Gasteiger partial charge in [-0.2, -0.15) is 0 Å². The highest BCUT2D eigenvalue weighted by molar-refractivity contribution is 6.35. The van der Waals surface area contributed by atoms with Crippen LogP contribution in [0.2, 0.25) is 5.02 Å². The van der Waals surface area contributed by atoms with Crippen LogP contribution in [0.1, 0.15) is 12.8 Å². The summed E-state index contributed by atoms with van der Waals surface area (Å²) in [6, 6.07) is 7.12. The Morgan fingerprint density at radius 1 is 1.14 bits per heavy atom. The Balaban J connectivity index is 1.86. The van der Waals surface area contributed by atoms with E-state index in [1.54, 1.807) is 24.3 Å². The van der Waals surface area contributed by atoms with Gasteiger partial charge >= 0.3 is 0 Å². The predicted octanol–water partition coefficient (Wildman–Crippen LogP) is 5.01. The highest BCUT2D eigenvalue weighted by Gasteiger charge is 2.14. The molecule has 0 radical (unpaired) electrons. The van der Waals surface area contributed by atoms with Gasteiger partial charge in [-0.25, -0.2) is 13.8 Å². The molecule has 0 spiro atoms. The van der Waals surface area contributed by atoms with Gasteiger partial charge in [0.1, 0.15) is 5.83 Å². The average Bonchev–Trinajstić information content (AvgIpc) is 2.51. The Hall–Kier alpha value is -1.94. The minimum absolute atomic E-state index is 0.0617. The third-order valence-electron chi connectivity index (χ3n) is 3.44. The molecule has 21 heavy (non-hydrogen) atoms. The van der Waals surface area contributed by atoms with Crippen molar-refractivity contribution in [3.63, 3.8) is 0 Å². The van der Waals surface area contributed by atoms with Crippen LogP contribution in [0.5, 0.6) is 0 Å². The number of allylic oxidation sites excluding steroid dienone is 3. The molecule has 2 aromatic rings. The van der Waals surface area contributed by atoms with Crippen LogP contribution in [-0.4, -0.2) is 11.5 Å². The van der Waals surface area contributed by atoms with E-state index in [-0.39, 0.29) is 16.7 Å². The summed E-state index contributed by atoms with van der Waals surface area (Å²) in [6.07, 6.45) is 4.17. The summed E-state index contributed by atoms with van der Waals surface area (Å²) in [7, 11) is 0. The van der Waals surface area contributed by atoms with Crippen molar-refractivity contribution in [2.75, 3.05) is 11.9 Å². The van der Waals surface area contributed by atoms with Crippen molar-refractivity contribution in [2.24, 2.45) is 0 Å². The van der Waals surface area contributed by atoms with Gasteiger partial charge in [0, 0.05) is 18.4 Å². The maximum Gasteiger partial charge on any atom is 0.184 e. The summed E-state index contributed by atoms with van der Waals surface area (Å²) in [5.74, 6) is -0.570. The second-order valence-corrected chi connectivity index (χ2v) is 5.28. The molecule has 0 unspecified atom stereocenters. The first-order valence-electron chi connectivity index (χ1n) is 6.67. The van der Waals surface area contributed by atoms with E-state index in [9.17, 15) is 8.78 Å². The standard InChI is InChI=1S/C16H13ClF2N2/c17-14-12-3-1-2-4-13(12)21-16(15(14)19)20-9-10-5-7-11(18)8-6-10/h1-5,7H,6,8-9H2,(H,20,21). The largest absolute Gasteiger partial charge is 0.364 e. The van der Waals surface area contributed by atoms with Gasteiger partial charge in [-0.05, 0) is 18.6 Å². The molecular formula is C16H13ClF2N2. The van der Waals surface area contributed by atoms with Crippen LogP contribution < -0.4 is 5.32 Å². The Kier molecular flexibility index (Phi) is 3.88. The predicted molar refractivity (Wildman–Crippen MR) is 81.7 cm³/mol. The summed E-state index contributed by atoms with van der Waals surface area (Å²) in [4.78, 5) is 4.25. The van der Waals surface area contributed by atoms with Gasteiger partial charge in [0.05, 0.1) is 10.5 Å². The number of hydrogen-bond donors (Lipinski definition) is 1. The molecule has 5 heteroatoms. The van der Waals surface area contributed by atoms with Gasteiger partial charge < -0.3 is 5.32 Å². The number of para-hydroxylation sites is 1. The molecular weight excluding hydrogens is 294 g/mol. The average molecular weight is 307 g/mol. The van der Waals surface area contributed by atoms with Crippen molar-refractivity contribution < 1.29 is 8.78 Å².